The predicted octanol–water partition coefficient (Wildman–Crippen LogP) is 3.11. The maximum Gasteiger partial charge on any atom is 0.0665 e. The number of hydrogen-bond donors (Lipinski definition) is 1. The molecule has 0 saturated carbocycles. The molecule has 0 amide bonds. The minimum Gasteiger partial charge on any atom is -0.316 e. The molecule has 0 fully saturated rings. The van der Waals surface area contributed by atoms with Crippen LogP contribution in [0.15, 0.2) is 48.7 Å². The fraction of sp³-hybridized carbons (Fsp3) is 0.235. The molecule has 20 heavy (non-hydrogen) atoms. The van der Waals surface area contributed by atoms with Crippen molar-refractivity contribution in [2.75, 3.05) is 7.05 Å². The molecule has 0 aliphatic rings. The maximum atomic E-state index is 4.61. The molecular weight excluding hydrogens is 246 g/mol. The van der Waals surface area contributed by atoms with E-state index in [2.05, 4.69) is 66.0 Å². The van der Waals surface area contributed by atoms with Crippen LogP contribution in [0.2, 0.25) is 0 Å². The fourth-order valence-electron chi connectivity index (χ4n) is 2.61. The van der Waals surface area contributed by atoms with Gasteiger partial charge in [-0.3, -0.25) is 4.68 Å². The molecule has 0 spiro atoms. The van der Waals surface area contributed by atoms with Crippen molar-refractivity contribution in [3.8, 4) is 0 Å². The highest BCUT2D eigenvalue weighted by Crippen LogP contribution is 2.19. The highest BCUT2D eigenvalue weighted by Gasteiger charge is 2.06. The van der Waals surface area contributed by atoms with Crippen molar-refractivity contribution in [3.63, 3.8) is 0 Å². The zero-order valence-corrected chi connectivity index (χ0v) is 11.9. The summed E-state index contributed by atoms with van der Waals surface area (Å²) in [6.07, 6.45) is 2.13. The Morgan fingerprint density at radius 3 is 2.70 bits per heavy atom. The summed E-state index contributed by atoms with van der Waals surface area (Å²) in [5.74, 6) is 0. The number of fused-ring (bicyclic) bond motifs is 1. The molecule has 102 valence electrons. The Labute approximate surface area is 119 Å². The Bertz CT molecular complexity index is 723. The molecule has 0 aliphatic heterocycles. The van der Waals surface area contributed by atoms with E-state index in [1.807, 2.05) is 11.7 Å². The molecule has 0 unspecified atom stereocenters. The average Bonchev–Trinajstić information content (AvgIpc) is 2.80. The van der Waals surface area contributed by atoms with Gasteiger partial charge in [0, 0.05) is 18.3 Å². The van der Waals surface area contributed by atoms with Crippen LogP contribution >= 0.6 is 0 Å². The van der Waals surface area contributed by atoms with Crippen molar-refractivity contribution in [1.82, 2.24) is 15.1 Å². The van der Waals surface area contributed by atoms with Crippen LogP contribution < -0.4 is 5.32 Å². The first-order chi connectivity index (χ1) is 9.78. The highest BCUT2D eigenvalue weighted by atomic mass is 15.3. The normalized spacial score (nSPS) is 11.1. The fourth-order valence-corrected chi connectivity index (χ4v) is 2.61. The van der Waals surface area contributed by atoms with Crippen molar-refractivity contribution in [1.29, 1.82) is 0 Å². The predicted molar refractivity (Wildman–Crippen MR) is 82.8 cm³/mol. The van der Waals surface area contributed by atoms with E-state index in [0.29, 0.717) is 0 Å². The van der Waals surface area contributed by atoms with Crippen molar-refractivity contribution in [3.05, 3.63) is 65.5 Å². The van der Waals surface area contributed by atoms with E-state index in [0.717, 1.165) is 18.8 Å². The number of nitrogens with one attached hydrogen (secondary N) is 1. The van der Waals surface area contributed by atoms with Gasteiger partial charge in [0.25, 0.3) is 0 Å². The number of aryl methyl sites for hydroxylation is 1. The van der Waals surface area contributed by atoms with Crippen LogP contribution in [0.3, 0.4) is 0 Å². The average molecular weight is 265 g/mol. The number of hydrogen-bond acceptors (Lipinski definition) is 2. The van der Waals surface area contributed by atoms with Gasteiger partial charge in [-0.15, -0.1) is 0 Å². The number of nitrogens with zero attached hydrogens (tertiary/aromatic N) is 2. The molecule has 2 aromatic carbocycles. The van der Waals surface area contributed by atoms with E-state index in [-0.39, 0.29) is 0 Å². The first-order valence-corrected chi connectivity index (χ1v) is 6.92. The van der Waals surface area contributed by atoms with E-state index >= 15 is 0 Å². The summed E-state index contributed by atoms with van der Waals surface area (Å²) in [5, 5.41) is 10.4. The van der Waals surface area contributed by atoms with Crippen molar-refractivity contribution < 1.29 is 0 Å². The lowest BCUT2D eigenvalue weighted by Gasteiger charge is -2.06. The molecule has 3 rings (SSSR count). The van der Waals surface area contributed by atoms with Gasteiger partial charge in [0.2, 0.25) is 0 Å². The second kappa shape index (κ2) is 5.47. The quantitative estimate of drug-likeness (QED) is 0.785. The van der Waals surface area contributed by atoms with E-state index in [9.17, 15) is 0 Å². The minimum absolute atomic E-state index is 0.811. The summed E-state index contributed by atoms with van der Waals surface area (Å²) >= 11 is 0. The Hall–Kier alpha value is -2.13. The summed E-state index contributed by atoms with van der Waals surface area (Å²) in [7, 11) is 1.96. The SMILES string of the molecule is CNCc1cn(Cc2cccc3ccccc23)nc1C. The zero-order valence-electron chi connectivity index (χ0n) is 11.9. The molecule has 0 aliphatic carbocycles. The molecular formula is C17H19N3. The van der Waals surface area contributed by atoms with Gasteiger partial charge in [0.15, 0.2) is 0 Å². The molecule has 0 bridgehead atoms. The molecule has 1 N–H and O–H groups in total. The summed E-state index contributed by atoms with van der Waals surface area (Å²) in [5.41, 5.74) is 3.66. The molecule has 1 heterocycles. The van der Waals surface area contributed by atoms with Crippen molar-refractivity contribution in [2.45, 2.75) is 20.0 Å². The Balaban J connectivity index is 1.95. The van der Waals surface area contributed by atoms with Gasteiger partial charge in [-0.25, -0.2) is 0 Å². The van der Waals surface area contributed by atoms with Gasteiger partial charge in [0.1, 0.15) is 0 Å². The lowest BCUT2D eigenvalue weighted by molar-refractivity contribution is 0.682. The lowest BCUT2D eigenvalue weighted by Crippen LogP contribution is -2.05. The second-order valence-electron chi connectivity index (χ2n) is 5.11. The molecule has 0 atom stereocenters. The number of benzene rings is 2. The molecule has 3 heteroatoms. The smallest absolute Gasteiger partial charge is 0.0665 e. The summed E-state index contributed by atoms with van der Waals surface area (Å²) < 4.78 is 2.03. The molecule has 1 aromatic heterocycles. The van der Waals surface area contributed by atoms with E-state index in [1.165, 1.54) is 21.9 Å². The third-order valence-electron chi connectivity index (χ3n) is 3.63. The van der Waals surface area contributed by atoms with Gasteiger partial charge < -0.3 is 5.32 Å². The van der Waals surface area contributed by atoms with Crippen LogP contribution in [0, 0.1) is 6.92 Å². The van der Waals surface area contributed by atoms with Crippen LogP contribution in [-0.4, -0.2) is 16.8 Å². The molecule has 0 saturated heterocycles. The Morgan fingerprint density at radius 1 is 1.05 bits per heavy atom. The molecule has 3 nitrogen and oxygen atoms in total. The molecule has 0 radical (unpaired) electrons. The van der Waals surface area contributed by atoms with Gasteiger partial charge in [-0.2, -0.15) is 5.10 Å². The monoisotopic (exact) mass is 265 g/mol. The van der Waals surface area contributed by atoms with Gasteiger partial charge in [-0.05, 0) is 30.3 Å². The van der Waals surface area contributed by atoms with Crippen LogP contribution in [0.25, 0.3) is 10.8 Å². The number of rotatable bonds is 4. The van der Waals surface area contributed by atoms with Gasteiger partial charge >= 0.3 is 0 Å². The first kappa shape index (κ1) is 12.9. The van der Waals surface area contributed by atoms with Crippen molar-refractivity contribution in [2.24, 2.45) is 0 Å². The highest BCUT2D eigenvalue weighted by molar-refractivity contribution is 5.85. The zero-order chi connectivity index (χ0) is 13.9. The van der Waals surface area contributed by atoms with Crippen LogP contribution in [-0.2, 0) is 13.1 Å². The second-order valence-corrected chi connectivity index (χ2v) is 5.11. The van der Waals surface area contributed by atoms with Gasteiger partial charge in [-0.1, -0.05) is 42.5 Å². The first-order valence-electron chi connectivity index (χ1n) is 6.92. The Morgan fingerprint density at radius 2 is 1.85 bits per heavy atom. The Kier molecular flexibility index (Phi) is 3.52. The standard InChI is InChI=1S/C17H19N3/c1-13-16(10-18-2)12-20(19-13)11-15-8-5-7-14-6-3-4-9-17(14)15/h3-9,12,18H,10-11H2,1-2H3. The van der Waals surface area contributed by atoms with E-state index in [1.54, 1.807) is 0 Å². The summed E-state index contributed by atoms with van der Waals surface area (Å²) in [4.78, 5) is 0. The molecule has 3 aromatic rings. The third kappa shape index (κ3) is 2.45. The van der Waals surface area contributed by atoms with Crippen LogP contribution in [0.5, 0.6) is 0 Å². The van der Waals surface area contributed by atoms with Gasteiger partial charge in [0.05, 0.1) is 12.2 Å². The van der Waals surface area contributed by atoms with E-state index < -0.39 is 0 Å². The maximum absolute atomic E-state index is 4.61. The third-order valence-corrected chi connectivity index (χ3v) is 3.63. The minimum atomic E-state index is 0.811. The van der Waals surface area contributed by atoms with Crippen LogP contribution in [0.4, 0.5) is 0 Å². The summed E-state index contributed by atoms with van der Waals surface area (Å²) in [6.45, 7) is 3.74. The topological polar surface area (TPSA) is 29.9 Å². The lowest BCUT2D eigenvalue weighted by atomic mass is 10.0. The van der Waals surface area contributed by atoms with E-state index in [4.69, 9.17) is 0 Å². The number of aromatic nitrogens is 2. The largest absolute Gasteiger partial charge is 0.316 e. The van der Waals surface area contributed by atoms with Crippen LogP contribution in [0.1, 0.15) is 16.8 Å². The van der Waals surface area contributed by atoms with Crippen molar-refractivity contribution >= 4 is 10.8 Å². The summed E-state index contributed by atoms with van der Waals surface area (Å²) in [6, 6.07) is 14.9.